The molecule has 0 unspecified atom stereocenters. The van der Waals surface area contributed by atoms with Gasteiger partial charge in [0.15, 0.2) is 0 Å². The van der Waals surface area contributed by atoms with Gasteiger partial charge in [-0.15, -0.1) is 0 Å². The first-order valence-corrected chi connectivity index (χ1v) is 6.22. The SMILES string of the molecule is COCCOCCOCc1c(N)cccc1Br. The standard InChI is InChI=1S/C12H18BrNO3/c1-15-5-6-16-7-8-17-9-10-11(13)3-2-4-12(10)14/h2-4H,5-9,14H2,1H3. The molecule has 0 saturated carbocycles. The molecule has 0 aliphatic rings. The molecule has 5 heteroatoms. The Hall–Kier alpha value is -0.620. The van der Waals surface area contributed by atoms with Crippen molar-refractivity contribution in [2.24, 2.45) is 0 Å². The second kappa shape index (κ2) is 8.47. The molecule has 0 bridgehead atoms. The van der Waals surface area contributed by atoms with Gasteiger partial charge in [-0.1, -0.05) is 22.0 Å². The molecule has 4 nitrogen and oxygen atoms in total. The van der Waals surface area contributed by atoms with Crippen molar-refractivity contribution in [3.05, 3.63) is 28.2 Å². The van der Waals surface area contributed by atoms with Crippen molar-refractivity contribution in [2.45, 2.75) is 6.61 Å². The zero-order chi connectivity index (χ0) is 12.5. The van der Waals surface area contributed by atoms with Crippen LogP contribution < -0.4 is 5.73 Å². The zero-order valence-electron chi connectivity index (χ0n) is 9.95. The summed E-state index contributed by atoms with van der Waals surface area (Å²) in [7, 11) is 1.65. The fourth-order valence-electron chi connectivity index (χ4n) is 1.26. The monoisotopic (exact) mass is 303 g/mol. The van der Waals surface area contributed by atoms with Crippen LogP contribution in [0.3, 0.4) is 0 Å². The lowest BCUT2D eigenvalue weighted by Gasteiger charge is -2.09. The summed E-state index contributed by atoms with van der Waals surface area (Å²) in [6, 6.07) is 5.71. The molecular weight excluding hydrogens is 286 g/mol. The van der Waals surface area contributed by atoms with Crippen LogP contribution in [0.25, 0.3) is 0 Å². The van der Waals surface area contributed by atoms with Crippen LogP contribution in [0, 0.1) is 0 Å². The highest BCUT2D eigenvalue weighted by molar-refractivity contribution is 9.10. The van der Waals surface area contributed by atoms with Gasteiger partial charge in [-0.3, -0.25) is 0 Å². The highest BCUT2D eigenvalue weighted by Gasteiger charge is 2.03. The van der Waals surface area contributed by atoms with Gasteiger partial charge in [-0.05, 0) is 12.1 Å². The lowest BCUT2D eigenvalue weighted by atomic mass is 10.2. The summed E-state index contributed by atoms with van der Waals surface area (Å²) in [6.07, 6.45) is 0. The second-order valence-electron chi connectivity index (χ2n) is 3.47. The molecule has 0 fully saturated rings. The van der Waals surface area contributed by atoms with Crippen LogP contribution in [-0.4, -0.2) is 33.5 Å². The van der Waals surface area contributed by atoms with Gasteiger partial charge in [0, 0.05) is 22.8 Å². The smallest absolute Gasteiger partial charge is 0.0749 e. The minimum atomic E-state index is 0.487. The van der Waals surface area contributed by atoms with Crippen LogP contribution in [0.2, 0.25) is 0 Å². The molecule has 1 aromatic rings. The van der Waals surface area contributed by atoms with Gasteiger partial charge >= 0.3 is 0 Å². The minimum absolute atomic E-state index is 0.487. The number of benzene rings is 1. The fraction of sp³-hybridized carbons (Fsp3) is 0.500. The average molecular weight is 304 g/mol. The molecule has 0 atom stereocenters. The number of anilines is 1. The maximum Gasteiger partial charge on any atom is 0.0749 e. The topological polar surface area (TPSA) is 53.7 Å². The summed E-state index contributed by atoms with van der Waals surface area (Å²) in [5, 5.41) is 0. The first kappa shape index (κ1) is 14.4. The molecule has 1 aromatic carbocycles. The molecular formula is C12H18BrNO3. The van der Waals surface area contributed by atoms with E-state index in [4.69, 9.17) is 19.9 Å². The Morgan fingerprint density at radius 3 is 2.53 bits per heavy atom. The van der Waals surface area contributed by atoms with Crippen molar-refractivity contribution in [2.75, 3.05) is 39.3 Å². The van der Waals surface area contributed by atoms with E-state index < -0.39 is 0 Å². The van der Waals surface area contributed by atoms with Crippen molar-refractivity contribution in [3.63, 3.8) is 0 Å². The Balaban J connectivity index is 2.18. The molecule has 17 heavy (non-hydrogen) atoms. The number of hydrogen-bond acceptors (Lipinski definition) is 4. The number of ether oxygens (including phenoxy) is 3. The quantitative estimate of drug-likeness (QED) is 0.591. The lowest BCUT2D eigenvalue weighted by molar-refractivity contribution is 0.0199. The molecule has 0 saturated heterocycles. The Morgan fingerprint density at radius 1 is 1.12 bits per heavy atom. The lowest BCUT2D eigenvalue weighted by Crippen LogP contribution is -2.09. The first-order chi connectivity index (χ1) is 8.25. The van der Waals surface area contributed by atoms with E-state index in [2.05, 4.69) is 15.9 Å². The number of hydrogen-bond donors (Lipinski definition) is 1. The maximum atomic E-state index is 5.84. The first-order valence-electron chi connectivity index (χ1n) is 5.43. The third kappa shape index (κ3) is 5.50. The van der Waals surface area contributed by atoms with Gasteiger partial charge < -0.3 is 19.9 Å². The molecule has 1 rings (SSSR count). The fourth-order valence-corrected chi connectivity index (χ4v) is 1.76. The highest BCUT2D eigenvalue weighted by atomic mass is 79.9. The third-order valence-electron chi connectivity index (χ3n) is 2.21. The number of nitrogen functional groups attached to an aromatic ring is 1. The van der Waals surface area contributed by atoms with Gasteiger partial charge in [0.05, 0.1) is 33.0 Å². The molecule has 0 aromatic heterocycles. The summed E-state index contributed by atoms with van der Waals surface area (Å²) in [6.45, 7) is 2.80. The van der Waals surface area contributed by atoms with E-state index in [1.54, 1.807) is 7.11 Å². The van der Waals surface area contributed by atoms with Gasteiger partial charge in [-0.2, -0.15) is 0 Å². The Labute approximate surface area is 110 Å². The molecule has 0 heterocycles. The van der Waals surface area contributed by atoms with E-state index in [1.165, 1.54) is 0 Å². The van der Waals surface area contributed by atoms with E-state index in [0.29, 0.717) is 33.0 Å². The summed E-state index contributed by atoms with van der Waals surface area (Å²) in [5.74, 6) is 0. The Morgan fingerprint density at radius 2 is 1.82 bits per heavy atom. The highest BCUT2D eigenvalue weighted by Crippen LogP contribution is 2.22. The van der Waals surface area contributed by atoms with E-state index in [9.17, 15) is 0 Å². The van der Waals surface area contributed by atoms with Gasteiger partial charge in [-0.25, -0.2) is 0 Å². The summed E-state index contributed by atoms with van der Waals surface area (Å²) in [5.41, 5.74) is 7.56. The maximum absolute atomic E-state index is 5.84. The molecule has 0 aliphatic heterocycles. The predicted molar refractivity (Wildman–Crippen MR) is 70.9 cm³/mol. The third-order valence-corrected chi connectivity index (χ3v) is 2.95. The molecule has 0 aliphatic carbocycles. The van der Waals surface area contributed by atoms with Crippen LogP contribution in [0.15, 0.2) is 22.7 Å². The van der Waals surface area contributed by atoms with E-state index in [0.717, 1.165) is 15.7 Å². The van der Waals surface area contributed by atoms with E-state index in [1.807, 2.05) is 18.2 Å². The normalized spacial score (nSPS) is 10.7. The minimum Gasteiger partial charge on any atom is -0.398 e. The van der Waals surface area contributed by atoms with E-state index in [-0.39, 0.29) is 0 Å². The summed E-state index contributed by atoms with van der Waals surface area (Å²) in [4.78, 5) is 0. The molecule has 96 valence electrons. The Bertz CT molecular complexity index is 313. The Kier molecular flexibility index (Phi) is 7.19. The largest absolute Gasteiger partial charge is 0.398 e. The average Bonchev–Trinajstić information content (AvgIpc) is 2.31. The van der Waals surface area contributed by atoms with Crippen molar-refractivity contribution in [1.82, 2.24) is 0 Å². The number of rotatable bonds is 8. The predicted octanol–water partition coefficient (Wildman–Crippen LogP) is 2.21. The van der Waals surface area contributed by atoms with Crippen LogP contribution >= 0.6 is 15.9 Å². The van der Waals surface area contributed by atoms with Gasteiger partial charge in [0.1, 0.15) is 0 Å². The van der Waals surface area contributed by atoms with Crippen molar-refractivity contribution < 1.29 is 14.2 Å². The molecule has 0 amide bonds. The van der Waals surface area contributed by atoms with Crippen molar-refractivity contribution >= 4 is 21.6 Å². The number of methoxy groups -OCH3 is 1. The van der Waals surface area contributed by atoms with Crippen molar-refractivity contribution in [1.29, 1.82) is 0 Å². The summed E-state index contributed by atoms with van der Waals surface area (Å²) >= 11 is 3.44. The van der Waals surface area contributed by atoms with Crippen LogP contribution in [-0.2, 0) is 20.8 Å². The summed E-state index contributed by atoms with van der Waals surface area (Å²) < 4.78 is 16.6. The second-order valence-corrected chi connectivity index (χ2v) is 4.32. The van der Waals surface area contributed by atoms with Crippen molar-refractivity contribution in [3.8, 4) is 0 Å². The van der Waals surface area contributed by atoms with E-state index >= 15 is 0 Å². The molecule has 0 radical (unpaired) electrons. The van der Waals surface area contributed by atoms with Crippen LogP contribution in [0.1, 0.15) is 5.56 Å². The number of halogens is 1. The molecule has 2 N–H and O–H groups in total. The molecule has 0 spiro atoms. The number of nitrogens with two attached hydrogens (primary N) is 1. The van der Waals surface area contributed by atoms with Gasteiger partial charge in [0.2, 0.25) is 0 Å². The van der Waals surface area contributed by atoms with Gasteiger partial charge in [0.25, 0.3) is 0 Å². The zero-order valence-corrected chi connectivity index (χ0v) is 11.5. The van der Waals surface area contributed by atoms with Crippen LogP contribution in [0.4, 0.5) is 5.69 Å². The van der Waals surface area contributed by atoms with Crippen LogP contribution in [0.5, 0.6) is 0 Å².